The van der Waals surface area contributed by atoms with Crippen LogP contribution in [0.2, 0.25) is 0 Å². The lowest BCUT2D eigenvalue weighted by Crippen LogP contribution is -2.21. The number of nitrogens with zero attached hydrogens (tertiary/aromatic N) is 2. The van der Waals surface area contributed by atoms with Crippen molar-refractivity contribution >= 4 is 53.1 Å². The Labute approximate surface area is 182 Å². The maximum atomic E-state index is 12.0. The molecule has 1 unspecified atom stereocenters. The highest BCUT2D eigenvalue weighted by atomic mass is 32.1. The van der Waals surface area contributed by atoms with Crippen molar-refractivity contribution in [2.75, 3.05) is 7.11 Å². The summed E-state index contributed by atoms with van der Waals surface area (Å²) in [5, 5.41) is 20.6. The number of benzene rings is 2. The second kappa shape index (κ2) is 8.25. The van der Waals surface area contributed by atoms with E-state index in [0.29, 0.717) is 14.6 Å². The molecule has 1 atom stereocenters. The van der Waals surface area contributed by atoms with Crippen molar-refractivity contribution in [3.05, 3.63) is 68.5 Å². The third-order valence-electron chi connectivity index (χ3n) is 4.86. The molecule has 0 aliphatic carbocycles. The Balaban J connectivity index is 1.73. The highest BCUT2D eigenvalue weighted by Gasteiger charge is 2.26. The molecule has 0 fully saturated rings. The third-order valence-corrected chi connectivity index (χ3v) is 6.19. The number of thiazole rings is 1. The summed E-state index contributed by atoms with van der Waals surface area (Å²) in [6.07, 6.45) is 3.68. The minimum atomic E-state index is -1.06. The van der Waals surface area contributed by atoms with Crippen LogP contribution in [-0.4, -0.2) is 34.1 Å². The average Bonchev–Trinajstić information content (AvgIpc) is 3.27. The van der Waals surface area contributed by atoms with E-state index >= 15 is 0 Å². The molecule has 2 N–H and O–H groups in total. The van der Waals surface area contributed by atoms with Crippen LogP contribution >= 0.6 is 23.6 Å². The molecule has 3 aromatic rings. The van der Waals surface area contributed by atoms with Gasteiger partial charge in [0, 0.05) is 23.8 Å². The van der Waals surface area contributed by atoms with Crippen molar-refractivity contribution in [2.24, 2.45) is 4.99 Å². The first-order valence-corrected chi connectivity index (χ1v) is 10.4. The number of fused-ring (bicyclic) bond motifs is 1. The molecule has 0 bridgehead atoms. The average molecular weight is 439 g/mol. The fraction of sp³-hybridized carbons (Fsp3) is 0.136. The van der Waals surface area contributed by atoms with Crippen LogP contribution in [0.1, 0.15) is 22.0 Å². The second-order valence-corrected chi connectivity index (χ2v) is 8.39. The highest BCUT2D eigenvalue weighted by Crippen LogP contribution is 2.38. The molecule has 2 aromatic carbocycles. The van der Waals surface area contributed by atoms with Gasteiger partial charge in [-0.1, -0.05) is 30.3 Å². The van der Waals surface area contributed by atoms with Gasteiger partial charge in [-0.25, -0.2) is 4.79 Å². The molecule has 152 valence electrons. The maximum Gasteiger partial charge on any atom is 0.327 e. The number of carboxylic acid groups (broad SMARTS) is 1. The lowest BCUT2D eigenvalue weighted by molar-refractivity contribution is -0.141. The highest BCUT2D eigenvalue weighted by molar-refractivity contribution is 7.73. The minimum absolute atomic E-state index is 0.162. The first-order chi connectivity index (χ1) is 14.5. The van der Waals surface area contributed by atoms with Crippen LogP contribution in [0, 0.1) is 3.95 Å². The molecule has 8 heteroatoms. The van der Waals surface area contributed by atoms with Crippen molar-refractivity contribution < 1.29 is 19.7 Å². The summed E-state index contributed by atoms with van der Waals surface area (Å²) < 4.78 is 6.88. The van der Waals surface area contributed by atoms with Crippen LogP contribution in [0.3, 0.4) is 0 Å². The third kappa shape index (κ3) is 3.79. The fourth-order valence-electron chi connectivity index (χ4n) is 3.34. The first-order valence-electron chi connectivity index (χ1n) is 9.13. The summed E-state index contributed by atoms with van der Waals surface area (Å²) in [6.45, 7) is 0. The lowest BCUT2D eigenvalue weighted by Gasteiger charge is -2.15. The Hall–Kier alpha value is -3.23. The molecule has 1 aliphatic heterocycles. The number of rotatable bonds is 6. The van der Waals surface area contributed by atoms with Crippen LogP contribution < -0.4 is 4.74 Å². The Morgan fingerprint density at radius 1 is 1.30 bits per heavy atom. The van der Waals surface area contributed by atoms with E-state index in [0.717, 1.165) is 33.7 Å². The summed E-state index contributed by atoms with van der Waals surface area (Å²) in [5.74, 6) is -0.515. The van der Waals surface area contributed by atoms with E-state index in [-0.39, 0.29) is 12.3 Å². The van der Waals surface area contributed by atoms with Gasteiger partial charge in [0.1, 0.15) is 11.8 Å². The Morgan fingerprint density at radius 2 is 2.07 bits per heavy atom. The molecule has 6 nitrogen and oxygen atoms in total. The van der Waals surface area contributed by atoms with Crippen molar-refractivity contribution in [2.45, 2.75) is 12.5 Å². The maximum absolute atomic E-state index is 12.0. The molecule has 0 saturated carbocycles. The van der Waals surface area contributed by atoms with Crippen LogP contribution in [0.25, 0.3) is 11.6 Å². The largest absolute Gasteiger partial charge is 0.497 e. The Bertz CT molecular complexity index is 1230. The molecule has 30 heavy (non-hydrogen) atoms. The predicted molar refractivity (Wildman–Crippen MR) is 121 cm³/mol. The van der Waals surface area contributed by atoms with E-state index in [1.54, 1.807) is 19.4 Å². The SMILES string of the molecule is COc1ccc2c(c1)C(=Cc1sc(=S)n(C(Cc3ccccc3)C(=O)O)c1O)C=N2. The molecule has 1 aromatic heterocycles. The number of allylic oxidation sites excluding steroid dienone is 1. The van der Waals surface area contributed by atoms with Crippen LogP contribution in [0.5, 0.6) is 11.6 Å². The van der Waals surface area contributed by atoms with E-state index in [9.17, 15) is 15.0 Å². The number of carboxylic acids is 1. The number of hydrogen-bond donors (Lipinski definition) is 2. The van der Waals surface area contributed by atoms with Crippen LogP contribution in [0.15, 0.2) is 53.5 Å². The molecule has 0 saturated heterocycles. The number of ether oxygens (including phenoxy) is 1. The summed E-state index contributed by atoms with van der Waals surface area (Å²) in [7, 11) is 1.59. The summed E-state index contributed by atoms with van der Waals surface area (Å²) in [4.78, 5) is 16.8. The monoisotopic (exact) mass is 438 g/mol. The van der Waals surface area contributed by atoms with Gasteiger partial charge in [-0.05, 0) is 42.1 Å². The number of aliphatic imine (C=N–C) groups is 1. The zero-order valence-electron chi connectivity index (χ0n) is 16.0. The number of methoxy groups -OCH3 is 1. The zero-order chi connectivity index (χ0) is 21.3. The zero-order valence-corrected chi connectivity index (χ0v) is 17.6. The van der Waals surface area contributed by atoms with Crippen LogP contribution in [0.4, 0.5) is 5.69 Å². The van der Waals surface area contributed by atoms with Crippen molar-refractivity contribution in [1.29, 1.82) is 0 Å². The van der Waals surface area contributed by atoms with E-state index in [1.165, 1.54) is 4.57 Å². The number of aromatic nitrogens is 1. The molecule has 2 heterocycles. The summed E-state index contributed by atoms with van der Waals surface area (Å²) >= 11 is 6.57. The lowest BCUT2D eigenvalue weighted by atomic mass is 10.1. The van der Waals surface area contributed by atoms with Gasteiger partial charge in [0.05, 0.1) is 17.7 Å². The quantitative estimate of drug-likeness (QED) is 0.522. The van der Waals surface area contributed by atoms with E-state index in [4.69, 9.17) is 17.0 Å². The van der Waals surface area contributed by atoms with Gasteiger partial charge in [0.15, 0.2) is 3.95 Å². The van der Waals surface area contributed by atoms with Gasteiger partial charge in [-0.2, -0.15) is 0 Å². The molecular formula is C22H18N2O4S2. The summed E-state index contributed by atoms with van der Waals surface area (Å²) in [5.41, 5.74) is 3.31. The van der Waals surface area contributed by atoms with Gasteiger partial charge in [-0.15, -0.1) is 11.3 Å². The van der Waals surface area contributed by atoms with Gasteiger partial charge in [-0.3, -0.25) is 9.56 Å². The van der Waals surface area contributed by atoms with Crippen molar-refractivity contribution in [3.63, 3.8) is 0 Å². The molecule has 4 rings (SSSR count). The number of aromatic hydroxyl groups is 1. The molecular weight excluding hydrogens is 420 g/mol. The van der Waals surface area contributed by atoms with Gasteiger partial charge < -0.3 is 14.9 Å². The van der Waals surface area contributed by atoms with Crippen molar-refractivity contribution in [1.82, 2.24) is 4.57 Å². The first kappa shape index (κ1) is 20.1. The topological polar surface area (TPSA) is 84.0 Å². The number of hydrogen-bond acceptors (Lipinski definition) is 6. The van der Waals surface area contributed by atoms with Crippen molar-refractivity contribution in [3.8, 4) is 11.6 Å². The smallest absolute Gasteiger partial charge is 0.327 e. The van der Waals surface area contributed by atoms with E-state index in [2.05, 4.69) is 4.99 Å². The number of carbonyl (C=O) groups is 1. The fourth-order valence-corrected chi connectivity index (χ4v) is 4.70. The predicted octanol–water partition coefficient (Wildman–Crippen LogP) is 5.12. The molecule has 0 radical (unpaired) electrons. The molecule has 0 spiro atoms. The molecule has 1 aliphatic rings. The standard InChI is InChI=1S/C22H18N2O4S2/c1-28-15-7-8-17-16(11-15)14(12-23-17)10-19-20(25)24(22(29)30-19)18(21(26)27)9-13-5-3-2-4-6-13/h2-8,10-12,18,25H,9H2,1H3,(H,26,27). The molecule has 0 amide bonds. The normalized spacial score (nSPS) is 14.6. The Kier molecular flexibility index (Phi) is 5.52. The van der Waals surface area contributed by atoms with Crippen LogP contribution in [-0.2, 0) is 11.2 Å². The van der Waals surface area contributed by atoms with E-state index in [1.807, 2.05) is 48.5 Å². The minimum Gasteiger partial charge on any atom is -0.497 e. The Morgan fingerprint density at radius 3 is 2.77 bits per heavy atom. The van der Waals surface area contributed by atoms with Gasteiger partial charge in [0.2, 0.25) is 5.88 Å². The second-order valence-electron chi connectivity index (χ2n) is 6.71. The van der Waals surface area contributed by atoms with Gasteiger partial charge >= 0.3 is 5.97 Å². The summed E-state index contributed by atoms with van der Waals surface area (Å²) in [6, 6.07) is 13.8. The van der Waals surface area contributed by atoms with Gasteiger partial charge in [0.25, 0.3) is 0 Å². The van der Waals surface area contributed by atoms with E-state index < -0.39 is 12.0 Å². The number of aliphatic carboxylic acids is 1.